The first-order valence-corrected chi connectivity index (χ1v) is 6.99. The van der Waals surface area contributed by atoms with Crippen molar-refractivity contribution in [2.75, 3.05) is 26.7 Å². The Kier molecular flexibility index (Phi) is 5.79. The fraction of sp³-hybridized carbons (Fsp3) is 0.857. The number of nitrogens with one attached hydrogen (secondary N) is 1. The molecular weight excluding hydrogens is 244 g/mol. The third-order valence-electron chi connectivity index (χ3n) is 3.63. The summed E-state index contributed by atoms with van der Waals surface area (Å²) in [6.07, 6.45) is 3.39. The van der Waals surface area contributed by atoms with Crippen molar-refractivity contribution in [2.45, 2.75) is 46.1 Å². The Balaban J connectivity index is 2.43. The van der Waals surface area contributed by atoms with E-state index in [4.69, 9.17) is 4.74 Å². The van der Waals surface area contributed by atoms with Gasteiger partial charge in [0.05, 0.1) is 18.6 Å². The fourth-order valence-corrected chi connectivity index (χ4v) is 2.23. The van der Waals surface area contributed by atoms with Crippen molar-refractivity contribution in [3.63, 3.8) is 0 Å². The number of methoxy groups -OCH3 is 1. The molecule has 5 heteroatoms. The zero-order chi connectivity index (χ0) is 14.5. The maximum atomic E-state index is 12.2. The number of carbonyl (C=O) groups excluding carboxylic acids is 2. The van der Waals surface area contributed by atoms with Gasteiger partial charge in [-0.1, -0.05) is 0 Å². The Morgan fingerprint density at radius 2 is 1.84 bits per heavy atom. The van der Waals surface area contributed by atoms with Gasteiger partial charge in [0.15, 0.2) is 0 Å². The molecule has 1 fully saturated rings. The van der Waals surface area contributed by atoms with E-state index in [0.29, 0.717) is 6.54 Å². The van der Waals surface area contributed by atoms with Gasteiger partial charge in [0.1, 0.15) is 0 Å². The fourth-order valence-electron chi connectivity index (χ4n) is 2.23. The third-order valence-corrected chi connectivity index (χ3v) is 3.63. The van der Waals surface area contributed by atoms with Gasteiger partial charge >= 0.3 is 5.97 Å². The molecule has 0 bridgehead atoms. The van der Waals surface area contributed by atoms with E-state index in [-0.39, 0.29) is 17.9 Å². The van der Waals surface area contributed by atoms with E-state index in [0.717, 1.165) is 25.9 Å². The van der Waals surface area contributed by atoms with Gasteiger partial charge in [-0.3, -0.25) is 9.59 Å². The second-order valence-electron chi connectivity index (χ2n) is 5.86. The molecular formula is C14H26N2O3. The van der Waals surface area contributed by atoms with Gasteiger partial charge in [0, 0.05) is 19.6 Å². The van der Waals surface area contributed by atoms with Crippen LogP contribution in [0.25, 0.3) is 0 Å². The van der Waals surface area contributed by atoms with E-state index in [1.165, 1.54) is 13.5 Å². The SMILES string of the molecule is COC(=O)C(C)(C)CNC(C)C(=O)N1CCCCC1. The van der Waals surface area contributed by atoms with Crippen molar-refractivity contribution in [1.82, 2.24) is 10.2 Å². The van der Waals surface area contributed by atoms with Crippen LogP contribution in [0, 0.1) is 5.41 Å². The molecule has 110 valence electrons. The predicted molar refractivity (Wildman–Crippen MR) is 73.7 cm³/mol. The highest BCUT2D eigenvalue weighted by Crippen LogP contribution is 2.16. The molecule has 5 nitrogen and oxygen atoms in total. The van der Waals surface area contributed by atoms with Crippen molar-refractivity contribution in [3.05, 3.63) is 0 Å². The summed E-state index contributed by atoms with van der Waals surface area (Å²) in [4.78, 5) is 25.7. The molecule has 0 aromatic carbocycles. The molecule has 1 saturated heterocycles. The molecule has 1 N–H and O–H groups in total. The highest BCUT2D eigenvalue weighted by Gasteiger charge is 2.30. The number of esters is 1. The van der Waals surface area contributed by atoms with Crippen LogP contribution in [0.4, 0.5) is 0 Å². The summed E-state index contributed by atoms with van der Waals surface area (Å²) in [7, 11) is 1.38. The molecule has 1 aliphatic rings. The zero-order valence-corrected chi connectivity index (χ0v) is 12.5. The Hall–Kier alpha value is -1.10. The van der Waals surface area contributed by atoms with Crippen LogP contribution in [0.1, 0.15) is 40.0 Å². The molecule has 0 aromatic heterocycles. The van der Waals surface area contributed by atoms with Crippen LogP contribution < -0.4 is 5.32 Å². The highest BCUT2D eigenvalue weighted by atomic mass is 16.5. The molecule has 0 aliphatic carbocycles. The summed E-state index contributed by atoms with van der Waals surface area (Å²) in [6, 6.07) is -0.262. The van der Waals surface area contributed by atoms with Crippen LogP contribution in [-0.2, 0) is 14.3 Å². The minimum Gasteiger partial charge on any atom is -0.469 e. The summed E-state index contributed by atoms with van der Waals surface area (Å²) in [6.45, 7) is 7.61. The first kappa shape index (κ1) is 16.0. The molecule has 1 atom stereocenters. The van der Waals surface area contributed by atoms with Crippen molar-refractivity contribution in [1.29, 1.82) is 0 Å². The van der Waals surface area contributed by atoms with Crippen molar-refractivity contribution in [2.24, 2.45) is 5.41 Å². The maximum absolute atomic E-state index is 12.2. The number of hydrogen-bond acceptors (Lipinski definition) is 4. The minimum absolute atomic E-state index is 0.125. The van der Waals surface area contributed by atoms with Gasteiger partial charge in [0.2, 0.25) is 5.91 Å². The zero-order valence-electron chi connectivity index (χ0n) is 12.5. The van der Waals surface area contributed by atoms with E-state index in [2.05, 4.69) is 5.32 Å². The molecule has 0 aromatic rings. The van der Waals surface area contributed by atoms with Crippen LogP contribution in [0.15, 0.2) is 0 Å². The number of carbonyl (C=O) groups is 2. The molecule has 1 rings (SSSR count). The average Bonchev–Trinajstić information content (AvgIpc) is 2.43. The molecule has 19 heavy (non-hydrogen) atoms. The molecule has 0 spiro atoms. The Morgan fingerprint density at radius 3 is 2.37 bits per heavy atom. The van der Waals surface area contributed by atoms with E-state index < -0.39 is 5.41 Å². The largest absolute Gasteiger partial charge is 0.469 e. The Labute approximate surface area is 115 Å². The summed E-state index contributed by atoms with van der Waals surface area (Å²) in [5, 5.41) is 3.14. The third kappa shape index (κ3) is 4.49. The van der Waals surface area contributed by atoms with Crippen molar-refractivity contribution >= 4 is 11.9 Å². The molecule has 1 heterocycles. The Bertz CT molecular complexity index is 323. The van der Waals surface area contributed by atoms with Crippen molar-refractivity contribution in [3.8, 4) is 0 Å². The van der Waals surface area contributed by atoms with Gasteiger partial charge in [0.25, 0.3) is 0 Å². The highest BCUT2D eigenvalue weighted by molar-refractivity contribution is 5.82. The summed E-state index contributed by atoms with van der Waals surface area (Å²) < 4.78 is 4.75. The number of ether oxygens (including phenoxy) is 1. The first-order chi connectivity index (χ1) is 8.88. The van der Waals surface area contributed by atoms with E-state index >= 15 is 0 Å². The number of nitrogens with zero attached hydrogens (tertiary/aromatic N) is 1. The van der Waals surface area contributed by atoms with E-state index in [1.807, 2.05) is 25.7 Å². The van der Waals surface area contributed by atoms with Crippen molar-refractivity contribution < 1.29 is 14.3 Å². The topological polar surface area (TPSA) is 58.6 Å². The summed E-state index contributed by atoms with van der Waals surface area (Å²) in [5.74, 6) is -0.141. The van der Waals surface area contributed by atoms with Crippen LogP contribution in [0.2, 0.25) is 0 Å². The Morgan fingerprint density at radius 1 is 1.26 bits per heavy atom. The molecule has 1 aliphatic heterocycles. The molecule has 1 unspecified atom stereocenters. The summed E-state index contributed by atoms with van der Waals surface area (Å²) in [5.41, 5.74) is -0.620. The lowest BCUT2D eigenvalue weighted by Crippen LogP contribution is -2.49. The maximum Gasteiger partial charge on any atom is 0.312 e. The number of piperidine rings is 1. The lowest BCUT2D eigenvalue weighted by molar-refractivity contribution is -0.151. The molecule has 0 saturated carbocycles. The quantitative estimate of drug-likeness (QED) is 0.762. The van der Waals surface area contributed by atoms with Gasteiger partial charge in [-0.2, -0.15) is 0 Å². The minimum atomic E-state index is -0.620. The lowest BCUT2D eigenvalue weighted by atomic mass is 9.93. The number of rotatable bonds is 5. The summed E-state index contributed by atoms with van der Waals surface area (Å²) >= 11 is 0. The second-order valence-corrected chi connectivity index (χ2v) is 5.86. The van der Waals surface area contributed by atoms with Crippen LogP contribution in [0.3, 0.4) is 0 Å². The normalized spacial score (nSPS) is 18.0. The van der Waals surface area contributed by atoms with E-state index in [1.54, 1.807) is 0 Å². The second kappa shape index (κ2) is 6.89. The number of amides is 1. The molecule has 0 radical (unpaired) electrons. The smallest absolute Gasteiger partial charge is 0.312 e. The first-order valence-electron chi connectivity index (χ1n) is 6.99. The van der Waals surface area contributed by atoms with Gasteiger partial charge in [-0.05, 0) is 40.0 Å². The lowest BCUT2D eigenvalue weighted by Gasteiger charge is -2.31. The van der Waals surface area contributed by atoms with Gasteiger partial charge < -0.3 is 15.0 Å². The number of hydrogen-bond donors (Lipinski definition) is 1. The van der Waals surface area contributed by atoms with E-state index in [9.17, 15) is 9.59 Å². The predicted octanol–water partition coefficient (Wildman–Crippen LogP) is 1.18. The van der Waals surface area contributed by atoms with Gasteiger partial charge in [-0.25, -0.2) is 0 Å². The standard InChI is InChI=1S/C14H26N2O3/c1-11(12(17)16-8-6-5-7-9-16)15-10-14(2,3)13(18)19-4/h11,15H,5-10H2,1-4H3. The molecule has 1 amide bonds. The van der Waals surface area contributed by atoms with Crippen LogP contribution in [-0.4, -0.2) is 49.6 Å². The monoisotopic (exact) mass is 270 g/mol. The number of likely N-dealkylation sites (tertiary alicyclic amines) is 1. The van der Waals surface area contributed by atoms with Gasteiger partial charge in [-0.15, -0.1) is 0 Å². The average molecular weight is 270 g/mol. The van der Waals surface area contributed by atoms with Crippen LogP contribution in [0.5, 0.6) is 0 Å². The van der Waals surface area contributed by atoms with Crippen LogP contribution >= 0.6 is 0 Å².